The van der Waals surface area contributed by atoms with Crippen molar-refractivity contribution in [1.82, 2.24) is 4.31 Å². The fourth-order valence-corrected chi connectivity index (χ4v) is 5.08. The van der Waals surface area contributed by atoms with Crippen molar-refractivity contribution in [2.24, 2.45) is 5.92 Å². The first-order valence-corrected chi connectivity index (χ1v) is 11.4. The molecule has 0 unspecified atom stereocenters. The van der Waals surface area contributed by atoms with Gasteiger partial charge in [-0.2, -0.15) is 4.31 Å². The Morgan fingerprint density at radius 2 is 1.79 bits per heavy atom. The molecule has 1 N–H and O–H groups in total. The van der Waals surface area contributed by atoms with Gasteiger partial charge in [0.1, 0.15) is 0 Å². The molecule has 1 fully saturated rings. The Morgan fingerprint density at radius 1 is 1.10 bits per heavy atom. The Bertz CT molecular complexity index is 979. The van der Waals surface area contributed by atoms with Gasteiger partial charge in [-0.05, 0) is 49.2 Å². The Balaban J connectivity index is 1.72. The van der Waals surface area contributed by atoms with Crippen LogP contribution in [0, 0.1) is 5.92 Å². The lowest BCUT2D eigenvalue weighted by atomic mass is 9.98. The SMILES string of the molecule is COc1ccc(NC(=O)[C@@H]2CCCN(S(=O)(=O)c3ccc(Br)cc3)C2)cc1OC. The number of hydrogen-bond donors (Lipinski definition) is 1. The number of hydrogen-bond acceptors (Lipinski definition) is 5. The number of halogens is 1. The minimum Gasteiger partial charge on any atom is -0.493 e. The first-order chi connectivity index (χ1) is 13.8. The zero-order valence-corrected chi connectivity index (χ0v) is 18.6. The predicted octanol–water partition coefficient (Wildman–Crippen LogP) is 3.51. The number of nitrogens with one attached hydrogen (secondary N) is 1. The van der Waals surface area contributed by atoms with Gasteiger partial charge in [0.2, 0.25) is 15.9 Å². The zero-order valence-electron chi connectivity index (χ0n) is 16.2. The lowest BCUT2D eigenvalue weighted by molar-refractivity contribution is -0.120. The average molecular weight is 483 g/mol. The number of nitrogens with zero attached hydrogens (tertiary/aromatic N) is 1. The van der Waals surface area contributed by atoms with Crippen LogP contribution in [0.1, 0.15) is 12.8 Å². The van der Waals surface area contributed by atoms with Crippen LogP contribution in [-0.4, -0.2) is 45.9 Å². The third kappa shape index (κ3) is 4.91. The van der Waals surface area contributed by atoms with Crippen LogP contribution >= 0.6 is 15.9 Å². The van der Waals surface area contributed by atoms with E-state index >= 15 is 0 Å². The molecular formula is C20H23BrN2O5S. The topological polar surface area (TPSA) is 84.9 Å². The summed E-state index contributed by atoms with van der Waals surface area (Å²) in [4.78, 5) is 13.0. The fourth-order valence-electron chi connectivity index (χ4n) is 3.29. The van der Waals surface area contributed by atoms with Crippen LogP contribution < -0.4 is 14.8 Å². The summed E-state index contributed by atoms with van der Waals surface area (Å²) in [6.45, 7) is 0.552. The van der Waals surface area contributed by atoms with Gasteiger partial charge in [0.15, 0.2) is 11.5 Å². The second-order valence-electron chi connectivity index (χ2n) is 6.72. The second-order valence-corrected chi connectivity index (χ2v) is 9.57. The van der Waals surface area contributed by atoms with Gasteiger partial charge in [0, 0.05) is 29.3 Å². The van der Waals surface area contributed by atoms with Crippen molar-refractivity contribution in [1.29, 1.82) is 0 Å². The molecule has 0 radical (unpaired) electrons. The molecule has 29 heavy (non-hydrogen) atoms. The van der Waals surface area contributed by atoms with Gasteiger partial charge >= 0.3 is 0 Å². The fraction of sp³-hybridized carbons (Fsp3) is 0.350. The molecule has 1 atom stereocenters. The molecule has 2 aromatic rings. The van der Waals surface area contributed by atoms with E-state index in [1.54, 1.807) is 49.6 Å². The van der Waals surface area contributed by atoms with E-state index in [-0.39, 0.29) is 17.3 Å². The van der Waals surface area contributed by atoms with Gasteiger partial charge in [0.05, 0.1) is 25.0 Å². The van der Waals surface area contributed by atoms with Crippen molar-refractivity contribution in [2.75, 3.05) is 32.6 Å². The minimum absolute atomic E-state index is 0.150. The van der Waals surface area contributed by atoms with Gasteiger partial charge in [-0.1, -0.05) is 15.9 Å². The smallest absolute Gasteiger partial charge is 0.243 e. The van der Waals surface area contributed by atoms with Crippen LogP contribution in [0.2, 0.25) is 0 Å². The number of rotatable bonds is 6. The normalized spacial score (nSPS) is 17.6. The van der Waals surface area contributed by atoms with Crippen LogP contribution in [-0.2, 0) is 14.8 Å². The molecule has 1 heterocycles. The average Bonchev–Trinajstić information content (AvgIpc) is 2.74. The van der Waals surface area contributed by atoms with Crippen molar-refractivity contribution in [3.8, 4) is 11.5 Å². The van der Waals surface area contributed by atoms with Gasteiger partial charge in [-0.3, -0.25) is 4.79 Å². The van der Waals surface area contributed by atoms with Gasteiger partial charge in [-0.15, -0.1) is 0 Å². The molecule has 1 saturated heterocycles. The molecule has 1 aliphatic rings. The number of benzene rings is 2. The van der Waals surface area contributed by atoms with E-state index in [4.69, 9.17) is 9.47 Å². The number of carbonyl (C=O) groups is 1. The van der Waals surface area contributed by atoms with Gasteiger partial charge in [0.25, 0.3) is 0 Å². The van der Waals surface area contributed by atoms with Gasteiger partial charge < -0.3 is 14.8 Å². The van der Waals surface area contributed by atoms with Crippen LogP contribution in [0.15, 0.2) is 51.8 Å². The van der Waals surface area contributed by atoms with E-state index in [0.717, 1.165) is 4.47 Å². The third-order valence-corrected chi connectivity index (χ3v) is 7.27. The quantitative estimate of drug-likeness (QED) is 0.680. The molecule has 9 heteroatoms. The number of amides is 1. The molecule has 2 aromatic carbocycles. The summed E-state index contributed by atoms with van der Waals surface area (Å²) in [5, 5.41) is 2.85. The van der Waals surface area contributed by atoms with Crippen molar-refractivity contribution in [3.05, 3.63) is 46.9 Å². The third-order valence-electron chi connectivity index (χ3n) is 4.86. The number of sulfonamides is 1. The van der Waals surface area contributed by atoms with E-state index in [1.807, 2.05) is 0 Å². The number of piperidine rings is 1. The molecule has 1 aliphatic heterocycles. The molecule has 0 spiro atoms. The van der Waals surface area contributed by atoms with Crippen molar-refractivity contribution >= 4 is 37.5 Å². The van der Waals surface area contributed by atoms with Crippen molar-refractivity contribution in [3.63, 3.8) is 0 Å². The summed E-state index contributed by atoms with van der Waals surface area (Å²) in [7, 11) is -0.578. The van der Waals surface area contributed by atoms with E-state index in [1.165, 1.54) is 11.4 Å². The molecule has 0 saturated carbocycles. The summed E-state index contributed by atoms with van der Waals surface area (Å²) in [6.07, 6.45) is 1.26. The molecule has 0 aliphatic carbocycles. The Kier molecular flexibility index (Phi) is 6.81. The molecule has 156 valence electrons. The highest BCUT2D eigenvalue weighted by molar-refractivity contribution is 9.10. The standard InChI is InChI=1S/C20H23BrN2O5S/c1-27-18-10-7-16(12-19(18)28-2)22-20(24)14-4-3-11-23(13-14)29(25,26)17-8-5-15(21)6-9-17/h5-10,12,14H,3-4,11,13H2,1-2H3,(H,22,24)/t14-/m1/s1. The summed E-state index contributed by atoms with van der Waals surface area (Å²) >= 11 is 3.31. The molecule has 3 rings (SSSR count). The maximum atomic E-state index is 12.9. The molecule has 7 nitrogen and oxygen atoms in total. The molecule has 1 amide bonds. The molecule has 0 aromatic heterocycles. The van der Waals surface area contributed by atoms with E-state index in [0.29, 0.717) is 36.6 Å². The van der Waals surface area contributed by atoms with Gasteiger partial charge in [-0.25, -0.2) is 8.42 Å². The first kappa shape index (κ1) is 21.6. The van der Waals surface area contributed by atoms with E-state index in [9.17, 15) is 13.2 Å². The maximum absolute atomic E-state index is 12.9. The highest BCUT2D eigenvalue weighted by Crippen LogP contribution is 2.31. The number of anilines is 1. The molecular weight excluding hydrogens is 460 g/mol. The highest BCUT2D eigenvalue weighted by Gasteiger charge is 2.33. The van der Waals surface area contributed by atoms with Crippen molar-refractivity contribution < 1.29 is 22.7 Å². The summed E-state index contributed by atoms with van der Waals surface area (Å²) in [5.74, 6) is 0.429. The summed E-state index contributed by atoms with van der Waals surface area (Å²) < 4.78 is 38.5. The number of carbonyl (C=O) groups excluding carboxylic acids is 1. The van der Waals surface area contributed by atoms with Crippen LogP contribution in [0.3, 0.4) is 0 Å². The maximum Gasteiger partial charge on any atom is 0.243 e. The van der Waals surface area contributed by atoms with Crippen molar-refractivity contribution in [2.45, 2.75) is 17.7 Å². The first-order valence-electron chi connectivity index (χ1n) is 9.13. The second kappa shape index (κ2) is 9.15. The number of ether oxygens (including phenoxy) is 2. The number of methoxy groups -OCH3 is 2. The van der Waals surface area contributed by atoms with Crippen LogP contribution in [0.25, 0.3) is 0 Å². The monoisotopic (exact) mass is 482 g/mol. The molecule has 0 bridgehead atoms. The van der Waals surface area contributed by atoms with Crippen LogP contribution in [0.5, 0.6) is 11.5 Å². The Labute approximate surface area is 179 Å². The van der Waals surface area contributed by atoms with E-state index in [2.05, 4.69) is 21.2 Å². The van der Waals surface area contributed by atoms with E-state index < -0.39 is 15.9 Å². The highest BCUT2D eigenvalue weighted by atomic mass is 79.9. The lowest BCUT2D eigenvalue weighted by Gasteiger charge is -2.31. The predicted molar refractivity (Wildman–Crippen MR) is 114 cm³/mol. The van der Waals surface area contributed by atoms with Crippen LogP contribution in [0.4, 0.5) is 5.69 Å². The summed E-state index contributed by atoms with van der Waals surface area (Å²) in [5.41, 5.74) is 0.570. The zero-order chi connectivity index (χ0) is 21.0. The Hall–Kier alpha value is -2.10. The minimum atomic E-state index is -3.64. The Morgan fingerprint density at radius 3 is 2.45 bits per heavy atom. The summed E-state index contributed by atoms with van der Waals surface area (Å²) in [6, 6.07) is 11.6. The largest absolute Gasteiger partial charge is 0.493 e. The lowest BCUT2D eigenvalue weighted by Crippen LogP contribution is -2.43.